The summed E-state index contributed by atoms with van der Waals surface area (Å²) < 4.78 is 35.0. The SMILES string of the molecule is CC1SCCC1NOCC(F)(F)F. The van der Waals surface area contributed by atoms with Crippen LogP contribution in [-0.2, 0) is 4.84 Å². The van der Waals surface area contributed by atoms with E-state index in [9.17, 15) is 13.2 Å². The van der Waals surface area contributed by atoms with Crippen LogP contribution in [0.1, 0.15) is 13.3 Å². The van der Waals surface area contributed by atoms with Gasteiger partial charge in [-0.2, -0.15) is 30.4 Å². The molecule has 1 aliphatic heterocycles. The molecule has 0 aliphatic carbocycles. The zero-order valence-corrected chi connectivity index (χ0v) is 8.04. The Morgan fingerprint density at radius 3 is 2.69 bits per heavy atom. The summed E-state index contributed by atoms with van der Waals surface area (Å²) in [5.74, 6) is 0.980. The maximum atomic E-state index is 11.7. The van der Waals surface area contributed by atoms with Crippen molar-refractivity contribution in [3.8, 4) is 0 Å². The van der Waals surface area contributed by atoms with Crippen molar-refractivity contribution >= 4 is 11.8 Å². The van der Waals surface area contributed by atoms with Crippen LogP contribution in [0.5, 0.6) is 0 Å². The summed E-state index contributed by atoms with van der Waals surface area (Å²) in [4.78, 5) is 4.36. The molecule has 0 bridgehead atoms. The number of thioether (sulfide) groups is 1. The van der Waals surface area contributed by atoms with Gasteiger partial charge in [0.1, 0.15) is 0 Å². The molecular weight excluding hydrogens is 203 g/mol. The van der Waals surface area contributed by atoms with Gasteiger partial charge in [0.05, 0.1) is 0 Å². The Hall–Kier alpha value is 0.0600. The minimum atomic E-state index is -4.25. The molecule has 0 aromatic heterocycles. The van der Waals surface area contributed by atoms with E-state index in [1.54, 1.807) is 11.8 Å². The molecule has 0 spiro atoms. The molecule has 1 rings (SSSR count). The summed E-state index contributed by atoms with van der Waals surface area (Å²) in [6.07, 6.45) is -3.38. The number of alkyl halides is 3. The average Bonchev–Trinajstić information content (AvgIpc) is 2.34. The Balaban J connectivity index is 2.12. The normalized spacial score (nSPS) is 29.5. The third kappa shape index (κ3) is 4.19. The molecule has 0 aromatic carbocycles. The van der Waals surface area contributed by atoms with Crippen LogP contribution in [0.15, 0.2) is 0 Å². The van der Waals surface area contributed by atoms with Gasteiger partial charge >= 0.3 is 6.18 Å². The maximum absolute atomic E-state index is 11.7. The maximum Gasteiger partial charge on any atom is 0.413 e. The quantitative estimate of drug-likeness (QED) is 0.727. The summed E-state index contributed by atoms with van der Waals surface area (Å²) in [5.41, 5.74) is 2.45. The lowest BCUT2D eigenvalue weighted by Gasteiger charge is -2.16. The van der Waals surface area contributed by atoms with Crippen LogP contribution < -0.4 is 5.48 Å². The van der Waals surface area contributed by atoms with Crippen molar-refractivity contribution in [3.63, 3.8) is 0 Å². The van der Waals surface area contributed by atoms with Gasteiger partial charge in [-0.1, -0.05) is 6.92 Å². The van der Waals surface area contributed by atoms with E-state index < -0.39 is 12.8 Å². The fourth-order valence-electron chi connectivity index (χ4n) is 1.12. The standard InChI is InChI=1S/C7H12F3NOS/c1-5-6(2-3-13-5)11-12-4-7(8,9)10/h5-6,11H,2-4H2,1H3. The second-order valence-corrected chi connectivity index (χ2v) is 4.48. The highest BCUT2D eigenvalue weighted by molar-refractivity contribution is 8.00. The highest BCUT2D eigenvalue weighted by Crippen LogP contribution is 2.26. The molecule has 1 fully saturated rings. The van der Waals surface area contributed by atoms with Gasteiger partial charge in [-0.05, 0) is 12.2 Å². The van der Waals surface area contributed by atoms with Crippen LogP contribution in [0.3, 0.4) is 0 Å². The van der Waals surface area contributed by atoms with Gasteiger partial charge in [0.25, 0.3) is 0 Å². The molecule has 6 heteroatoms. The fourth-order valence-corrected chi connectivity index (χ4v) is 2.30. The number of halogens is 3. The third-order valence-electron chi connectivity index (χ3n) is 1.85. The Kier molecular flexibility index (Phi) is 3.87. The van der Waals surface area contributed by atoms with Gasteiger partial charge in [0.15, 0.2) is 6.61 Å². The highest BCUT2D eigenvalue weighted by atomic mass is 32.2. The number of nitrogens with one attached hydrogen (secondary N) is 1. The Labute approximate surface area is 79.2 Å². The van der Waals surface area contributed by atoms with Crippen molar-refractivity contribution in [2.75, 3.05) is 12.4 Å². The first-order valence-electron chi connectivity index (χ1n) is 4.05. The van der Waals surface area contributed by atoms with Crippen LogP contribution in [0.2, 0.25) is 0 Å². The molecule has 0 aromatic rings. The third-order valence-corrected chi connectivity index (χ3v) is 3.17. The molecule has 2 nitrogen and oxygen atoms in total. The lowest BCUT2D eigenvalue weighted by molar-refractivity contribution is -0.192. The molecule has 78 valence electrons. The van der Waals surface area contributed by atoms with Crippen molar-refractivity contribution in [1.29, 1.82) is 0 Å². The summed E-state index contributed by atoms with van der Waals surface area (Å²) >= 11 is 1.74. The monoisotopic (exact) mass is 215 g/mol. The zero-order valence-electron chi connectivity index (χ0n) is 7.23. The van der Waals surface area contributed by atoms with E-state index >= 15 is 0 Å². The first-order chi connectivity index (χ1) is 5.99. The van der Waals surface area contributed by atoms with Crippen LogP contribution >= 0.6 is 11.8 Å². The van der Waals surface area contributed by atoms with Crippen LogP contribution in [0.25, 0.3) is 0 Å². The van der Waals surface area contributed by atoms with Gasteiger partial charge in [0, 0.05) is 11.3 Å². The van der Waals surface area contributed by atoms with E-state index in [0.717, 1.165) is 12.2 Å². The summed E-state index contributed by atoms with van der Waals surface area (Å²) in [6.45, 7) is 0.757. The summed E-state index contributed by atoms with van der Waals surface area (Å²) in [7, 11) is 0. The number of hydrogen-bond acceptors (Lipinski definition) is 3. The lowest BCUT2D eigenvalue weighted by atomic mass is 10.2. The fraction of sp³-hybridized carbons (Fsp3) is 1.00. The van der Waals surface area contributed by atoms with Crippen molar-refractivity contribution in [2.45, 2.75) is 30.8 Å². The second-order valence-electron chi connectivity index (χ2n) is 2.99. The Morgan fingerprint density at radius 1 is 1.54 bits per heavy atom. The van der Waals surface area contributed by atoms with Crippen molar-refractivity contribution in [1.82, 2.24) is 5.48 Å². The molecule has 0 radical (unpaired) electrons. The van der Waals surface area contributed by atoms with Crippen LogP contribution in [0.4, 0.5) is 13.2 Å². The lowest BCUT2D eigenvalue weighted by Crippen LogP contribution is -2.36. The smallest absolute Gasteiger partial charge is 0.292 e. The number of hydroxylamine groups is 1. The number of hydrogen-bond donors (Lipinski definition) is 1. The highest BCUT2D eigenvalue weighted by Gasteiger charge is 2.30. The largest absolute Gasteiger partial charge is 0.413 e. The molecule has 1 heterocycles. The average molecular weight is 215 g/mol. The topological polar surface area (TPSA) is 21.3 Å². The summed E-state index contributed by atoms with van der Waals surface area (Å²) in [6, 6.07) is 0.0485. The van der Waals surface area contributed by atoms with Gasteiger partial charge in [-0.25, -0.2) is 0 Å². The predicted octanol–water partition coefficient (Wildman–Crippen LogP) is 1.96. The first-order valence-corrected chi connectivity index (χ1v) is 5.09. The second kappa shape index (κ2) is 4.52. The van der Waals surface area contributed by atoms with Gasteiger partial charge in [-0.3, -0.25) is 4.84 Å². The van der Waals surface area contributed by atoms with Crippen molar-refractivity contribution in [2.24, 2.45) is 0 Å². The van der Waals surface area contributed by atoms with Crippen molar-refractivity contribution in [3.05, 3.63) is 0 Å². The Morgan fingerprint density at radius 2 is 2.23 bits per heavy atom. The molecule has 0 saturated carbocycles. The molecule has 2 unspecified atom stereocenters. The Bertz CT molecular complexity index is 164. The van der Waals surface area contributed by atoms with Gasteiger partial charge < -0.3 is 0 Å². The van der Waals surface area contributed by atoms with Crippen molar-refractivity contribution < 1.29 is 18.0 Å². The van der Waals surface area contributed by atoms with E-state index in [0.29, 0.717) is 5.25 Å². The van der Waals surface area contributed by atoms with E-state index in [-0.39, 0.29) is 6.04 Å². The molecule has 1 aliphatic rings. The van der Waals surface area contributed by atoms with Gasteiger partial charge in [-0.15, -0.1) is 0 Å². The van der Waals surface area contributed by atoms with E-state index in [1.807, 2.05) is 6.92 Å². The van der Waals surface area contributed by atoms with E-state index in [2.05, 4.69) is 10.3 Å². The van der Waals surface area contributed by atoms with E-state index in [1.165, 1.54) is 0 Å². The predicted molar refractivity (Wildman–Crippen MR) is 45.5 cm³/mol. The van der Waals surface area contributed by atoms with E-state index in [4.69, 9.17) is 0 Å². The zero-order chi connectivity index (χ0) is 9.90. The summed E-state index contributed by atoms with van der Waals surface area (Å²) in [5, 5.41) is 0.327. The van der Waals surface area contributed by atoms with Crippen LogP contribution in [-0.4, -0.2) is 29.8 Å². The number of rotatable bonds is 3. The molecule has 13 heavy (non-hydrogen) atoms. The molecule has 1 N–H and O–H groups in total. The molecule has 0 amide bonds. The van der Waals surface area contributed by atoms with Crippen LogP contribution in [0, 0.1) is 0 Å². The minimum Gasteiger partial charge on any atom is -0.292 e. The molecule has 2 atom stereocenters. The molecular formula is C7H12F3NOS. The molecule has 1 saturated heterocycles. The minimum absolute atomic E-state index is 0.0485. The van der Waals surface area contributed by atoms with Gasteiger partial charge in [0.2, 0.25) is 0 Å². The first kappa shape index (κ1) is 11.1.